The number of carbonyl (C=O) groups excluding carboxylic acids is 1. The number of nitrogens with one attached hydrogen (secondary N) is 1. The molecular formula is C21H21FN6O3. The average molecular weight is 424 g/mol. The van der Waals surface area contributed by atoms with E-state index in [0.29, 0.717) is 17.9 Å². The topological polar surface area (TPSA) is 106 Å². The number of nitro groups is 1. The Balaban J connectivity index is 1.38. The van der Waals surface area contributed by atoms with Gasteiger partial charge in [-0.25, -0.2) is 9.07 Å². The van der Waals surface area contributed by atoms with E-state index in [9.17, 15) is 19.3 Å². The zero-order chi connectivity index (χ0) is 22.0. The second-order valence-corrected chi connectivity index (χ2v) is 7.50. The van der Waals surface area contributed by atoms with Crippen molar-refractivity contribution < 1.29 is 14.1 Å². The van der Waals surface area contributed by atoms with Crippen LogP contribution in [-0.4, -0.2) is 45.5 Å². The Bertz CT molecular complexity index is 1110. The van der Waals surface area contributed by atoms with E-state index in [0.717, 1.165) is 25.2 Å². The Labute approximate surface area is 177 Å². The molecule has 10 heteroatoms. The number of aromatic nitrogens is 3. The predicted molar refractivity (Wildman–Crippen MR) is 112 cm³/mol. The van der Waals surface area contributed by atoms with E-state index in [1.807, 2.05) is 0 Å². The zero-order valence-corrected chi connectivity index (χ0v) is 16.9. The number of amides is 1. The highest BCUT2D eigenvalue weighted by molar-refractivity contribution is 5.93. The largest absolute Gasteiger partial charge is 0.371 e. The van der Waals surface area contributed by atoms with E-state index in [1.165, 1.54) is 28.9 Å². The van der Waals surface area contributed by atoms with E-state index in [-0.39, 0.29) is 29.0 Å². The Morgan fingerprint density at radius 3 is 2.77 bits per heavy atom. The molecule has 9 nitrogen and oxygen atoms in total. The summed E-state index contributed by atoms with van der Waals surface area (Å²) in [6.07, 6.45) is 0.914. The molecule has 1 aromatic heterocycles. The highest BCUT2D eigenvalue weighted by atomic mass is 19.1. The van der Waals surface area contributed by atoms with E-state index >= 15 is 0 Å². The summed E-state index contributed by atoms with van der Waals surface area (Å²) in [6, 6.07) is 12.4. The Kier molecular flexibility index (Phi) is 5.61. The number of halogens is 1. The first kappa shape index (κ1) is 20.5. The molecule has 2 aromatic carbocycles. The lowest BCUT2D eigenvalue weighted by Crippen LogP contribution is -2.31. The van der Waals surface area contributed by atoms with Crippen LogP contribution >= 0.6 is 0 Å². The van der Waals surface area contributed by atoms with Gasteiger partial charge in [-0.05, 0) is 49.6 Å². The van der Waals surface area contributed by atoms with Gasteiger partial charge in [-0.2, -0.15) is 0 Å². The maximum absolute atomic E-state index is 13.1. The number of hydrogen-bond acceptors (Lipinski definition) is 6. The minimum absolute atomic E-state index is 0.0645. The van der Waals surface area contributed by atoms with Crippen LogP contribution in [0, 0.1) is 28.8 Å². The van der Waals surface area contributed by atoms with Crippen molar-refractivity contribution in [2.45, 2.75) is 13.3 Å². The molecule has 1 amide bonds. The van der Waals surface area contributed by atoms with Gasteiger partial charge in [0.2, 0.25) is 0 Å². The summed E-state index contributed by atoms with van der Waals surface area (Å²) in [4.78, 5) is 25.3. The Morgan fingerprint density at radius 1 is 1.26 bits per heavy atom. The van der Waals surface area contributed by atoms with Gasteiger partial charge < -0.3 is 10.2 Å². The van der Waals surface area contributed by atoms with Gasteiger partial charge >= 0.3 is 0 Å². The van der Waals surface area contributed by atoms with E-state index in [1.54, 1.807) is 31.2 Å². The van der Waals surface area contributed by atoms with Crippen LogP contribution < -0.4 is 10.2 Å². The van der Waals surface area contributed by atoms with Gasteiger partial charge in [-0.3, -0.25) is 14.9 Å². The summed E-state index contributed by atoms with van der Waals surface area (Å²) in [5.41, 5.74) is 2.04. The lowest BCUT2D eigenvalue weighted by atomic mass is 10.1. The van der Waals surface area contributed by atoms with Crippen molar-refractivity contribution in [2.75, 3.05) is 24.5 Å². The number of hydrogen-bond donors (Lipinski definition) is 1. The molecule has 1 atom stereocenters. The van der Waals surface area contributed by atoms with Crippen LogP contribution in [0.25, 0.3) is 5.69 Å². The van der Waals surface area contributed by atoms with Crippen LogP contribution in [0.2, 0.25) is 0 Å². The molecule has 0 saturated carbocycles. The summed E-state index contributed by atoms with van der Waals surface area (Å²) >= 11 is 0. The third-order valence-electron chi connectivity index (χ3n) is 5.42. The van der Waals surface area contributed by atoms with Crippen molar-refractivity contribution in [3.63, 3.8) is 0 Å². The maximum Gasteiger partial charge on any atom is 0.273 e. The molecule has 1 unspecified atom stereocenters. The molecular weight excluding hydrogens is 403 g/mol. The van der Waals surface area contributed by atoms with Crippen molar-refractivity contribution in [2.24, 2.45) is 5.92 Å². The summed E-state index contributed by atoms with van der Waals surface area (Å²) in [7, 11) is 0. The smallest absolute Gasteiger partial charge is 0.273 e. The molecule has 1 N–H and O–H groups in total. The molecule has 4 rings (SSSR count). The molecule has 1 fully saturated rings. The molecule has 0 radical (unpaired) electrons. The second kappa shape index (κ2) is 8.50. The number of benzene rings is 2. The molecule has 1 aliphatic heterocycles. The number of carbonyl (C=O) groups is 1. The van der Waals surface area contributed by atoms with E-state index < -0.39 is 4.92 Å². The average Bonchev–Trinajstić information content (AvgIpc) is 3.39. The number of anilines is 1. The molecule has 3 aromatic rings. The lowest BCUT2D eigenvalue weighted by Gasteiger charge is -2.18. The number of nitro benzene ring substituents is 1. The first-order valence-corrected chi connectivity index (χ1v) is 9.88. The quantitative estimate of drug-likeness (QED) is 0.482. The summed E-state index contributed by atoms with van der Waals surface area (Å²) in [5, 5.41) is 21.9. The molecule has 0 spiro atoms. The van der Waals surface area contributed by atoms with Crippen LogP contribution in [0.5, 0.6) is 0 Å². The van der Waals surface area contributed by atoms with Gasteiger partial charge in [0.1, 0.15) is 5.82 Å². The second-order valence-electron chi connectivity index (χ2n) is 7.50. The summed E-state index contributed by atoms with van der Waals surface area (Å²) < 4.78 is 14.5. The highest BCUT2D eigenvalue weighted by Gasteiger charge is 2.25. The molecule has 0 bridgehead atoms. The first-order chi connectivity index (χ1) is 14.9. The number of non-ortho nitro benzene ring substituents is 1. The van der Waals surface area contributed by atoms with Gasteiger partial charge in [-0.1, -0.05) is 11.3 Å². The maximum atomic E-state index is 13.1. The third-order valence-corrected chi connectivity index (χ3v) is 5.42. The van der Waals surface area contributed by atoms with Gasteiger partial charge in [0, 0.05) is 37.5 Å². The fourth-order valence-corrected chi connectivity index (χ4v) is 3.73. The van der Waals surface area contributed by atoms with Crippen LogP contribution in [0.4, 0.5) is 15.8 Å². The summed E-state index contributed by atoms with van der Waals surface area (Å²) in [5.74, 6) is -0.337. The van der Waals surface area contributed by atoms with Crippen LogP contribution in [0.3, 0.4) is 0 Å². The van der Waals surface area contributed by atoms with Crippen molar-refractivity contribution in [1.29, 1.82) is 0 Å². The third kappa shape index (κ3) is 4.37. The normalized spacial score (nSPS) is 15.8. The van der Waals surface area contributed by atoms with Crippen molar-refractivity contribution in [1.82, 2.24) is 20.3 Å². The van der Waals surface area contributed by atoms with Crippen LogP contribution in [-0.2, 0) is 0 Å². The molecule has 0 aliphatic carbocycles. The summed E-state index contributed by atoms with van der Waals surface area (Å²) in [6.45, 7) is 3.79. The lowest BCUT2D eigenvalue weighted by molar-refractivity contribution is -0.384. The zero-order valence-electron chi connectivity index (χ0n) is 16.9. The van der Waals surface area contributed by atoms with Gasteiger partial charge in [0.25, 0.3) is 11.6 Å². The predicted octanol–water partition coefficient (Wildman–Crippen LogP) is 2.88. The Hall–Kier alpha value is -3.82. The molecule has 1 saturated heterocycles. The van der Waals surface area contributed by atoms with Crippen molar-refractivity contribution in [3.8, 4) is 5.69 Å². The van der Waals surface area contributed by atoms with Crippen molar-refractivity contribution >= 4 is 17.3 Å². The molecule has 160 valence electrons. The Morgan fingerprint density at radius 2 is 2.03 bits per heavy atom. The van der Waals surface area contributed by atoms with Crippen LogP contribution in [0.1, 0.15) is 22.6 Å². The minimum Gasteiger partial charge on any atom is -0.371 e. The van der Waals surface area contributed by atoms with Crippen molar-refractivity contribution in [3.05, 3.63) is 75.9 Å². The van der Waals surface area contributed by atoms with E-state index in [4.69, 9.17) is 0 Å². The molecule has 1 aliphatic rings. The number of rotatable bonds is 6. The highest BCUT2D eigenvalue weighted by Crippen LogP contribution is 2.24. The van der Waals surface area contributed by atoms with Gasteiger partial charge in [-0.15, -0.1) is 5.10 Å². The molecule has 31 heavy (non-hydrogen) atoms. The van der Waals surface area contributed by atoms with Gasteiger partial charge in [0.05, 0.1) is 16.3 Å². The monoisotopic (exact) mass is 424 g/mol. The fourth-order valence-electron chi connectivity index (χ4n) is 3.73. The molecule has 2 heterocycles. The van der Waals surface area contributed by atoms with E-state index in [2.05, 4.69) is 20.5 Å². The standard InChI is InChI=1S/C21H21FN6O3/c1-14-20(24-25-27(14)18-3-2-4-19(11-18)28(30)31)21(29)23-12-15-9-10-26(13-15)17-7-5-16(22)6-8-17/h2-8,11,15H,9-10,12-13H2,1H3,(H,23,29). The minimum atomic E-state index is -0.486. The number of nitrogens with zero attached hydrogens (tertiary/aromatic N) is 5. The SMILES string of the molecule is Cc1c(C(=O)NCC2CCN(c3ccc(F)cc3)C2)nnn1-c1cccc([N+](=O)[O-])c1. The van der Waals surface area contributed by atoms with Gasteiger partial charge in [0.15, 0.2) is 5.69 Å². The van der Waals surface area contributed by atoms with Crippen LogP contribution in [0.15, 0.2) is 48.5 Å². The fraction of sp³-hybridized carbons (Fsp3) is 0.286. The first-order valence-electron chi connectivity index (χ1n) is 9.88.